The lowest BCUT2D eigenvalue weighted by atomic mass is 9.71. The Kier molecular flexibility index (Phi) is 2.28. The Morgan fingerprint density at radius 2 is 1.92 bits per heavy atom. The first kappa shape index (κ1) is 9.00. The fraction of sp³-hybridized carbons (Fsp3) is 0.900. The van der Waals surface area contributed by atoms with Crippen LogP contribution in [0.4, 0.5) is 0 Å². The molecular weight excluding hydrogens is 166 g/mol. The van der Waals surface area contributed by atoms with Crippen molar-refractivity contribution in [2.45, 2.75) is 32.1 Å². The molecule has 13 heavy (non-hydrogen) atoms. The normalized spacial score (nSPS) is 38.6. The van der Waals surface area contributed by atoms with Crippen LogP contribution in [-0.2, 0) is 4.79 Å². The minimum atomic E-state index is -0.622. The lowest BCUT2D eigenvalue weighted by Crippen LogP contribution is -2.48. The van der Waals surface area contributed by atoms with Gasteiger partial charge in [0.15, 0.2) is 0 Å². The molecule has 0 aromatic carbocycles. The van der Waals surface area contributed by atoms with Crippen molar-refractivity contribution in [3.63, 3.8) is 0 Å². The van der Waals surface area contributed by atoms with Gasteiger partial charge in [-0.15, -0.1) is 0 Å². The summed E-state index contributed by atoms with van der Waals surface area (Å²) in [5, 5.41) is 8.85. The number of hydrogen-bond acceptors (Lipinski definition) is 2. The maximum Gasteiger partial charge on any atom is 0.303 e. The average molecular weight is 183 g/mol. The number of nitrogens with zero attached hydrogens (tertiary/aromatic N) is 1. The van der Waals surface area contributed by atoms with Gasteiger partial charge in [0.1, 0.15) is 0 Å². The third-order valence-corrected chi connectivity index (χ3v) is 3.45. The first-order valence-corrected chi connectivity index (χ1v) is 5.14. The van der Waals surface area contributed by atoms with E-state index in [0.717, 1.165) is 19.4 Å². The highest BCUT2D eigenvalue weighted by atomic mass is 16.4. The number of carboxylic acid groups (broad SMARTS) is 1. The molecule has 0 radical (unpaired) electrons. The molecule has 0 atom stereocenters. The highest BCUT2D eigenvalue weighted by Gasteiger charge is 2.39. The van der Waals surface area contributed by atoms with Crippen LogP contribution in [0.2, 0.25) is 0 Å². The largest absolute Gasteiger partial charge is 0.481 e. The van der Waals surface area contributed by atoms with Crippen LogP contribution in [0.1, 0.15) is 32.1 Å². The van der Waals surface area contributed by atoms with Gasteiger partial charge in [-0.3, -0.25) is 4.79 Å². The summed E-state index contributed by atoms with van der Waals surface area (Å²) < 4.78 is 0. The zero-order chi connectivity index (χ0) is 9.31. The Labute approximate surface area is 78.7 Å². The van der Waals surface area contributed by atoms with Gasteiger partial charge in [0.2, 0.25) is 0 Å². The van der Waals surface area contributed by atoms with Crippen LogP contribution in [-0.4, -0.2) is 35.6 Å². The smallest absolute Gasteiger partial charge is 0.303 e. The van der Waals surface area contributed by atoms with Crippen LogP contribution in [0.25, 0.3) is 0 Å². The molecular formula is C10H17NO2. The summed E-state index contributed by atoms with van der Waals surface area (Å²) in [4.78, 5) is 13.2. The molecule has 2 fully saturated rings. The van der Waals surface area contributed by atoms with E-state index in [-0.39, 0.29) is 5.41 Å². The third-order valence-electron chi connectivity index (χ3n) is 3.45. The first-order chi connectivity index (χ1) is 6.20. The molecule has 2 heterocycles. The highest BCUT2D eigenvalue weighted by molar-refractivity contribution is 5.67. The number of aliphatic carboxylic acids is 1. The van der Waals surface area contributed by atoms with Crippen molar-refractivity contribution in [1.29, 1.82) is 0 Å². The SMILES string of the molecule is O=C(O)CC12CCCN(CCC1)C2. The Morgan fingerprint density at radius 1 is 1.31 bits per heavy atom. The van der Waals surface area contributed by atoms with Crippen molar-refractivity contribution in [2.75, 3.05) is 19.6 Å². The number of carboxylic acids is 1. The molecule has 2 aliphatic rings. The van der Waals surface area contributed by atoms with E-state index in [9.17, 15) is 4.79 Å². The molecule has 0 aromatic rings. The summed E-state index contributed by atoms with van der Waals surface area (Å²) >= 11 is 0. The molecule has 0 aliphatic carbocycles. The number of rotatable bonds is 2. The van der Waals surface area contributed by atoms with Gasteiger partial charge < -0.3 is 10.0 Å². The number of fused-ring (bicyclic) bond motifs is 2. The second kappa shape index (κ2) is 3.29. The molecule has 2 bridgehead atoms. The molecule has 2 rings (SSSR count). The Bertz CT molecular complexity index is 205. The first-order valence-electron chi connectivity index (χ1n) is 5.14. The molecule has 3 heteroatoms. The maximum absolute atomic E-state index is 10.7. The van der Waals surface area contributed by atoms with Gasteiger partial charge in [-0.05, 0) is 44.2 Å². The zero-order valence-corrected chi connectivity index (χ0v) is 7.96. The monoisotopic (exact) mass is 183 g/mol. The molecule has 74 valence electrons. The number of hydrogen-bond donors (Lipinski definition) is 1. The van der Waals surface area contributed by atoms with E-state index >= 15 is 0 Å². The van der Waals surface area contributed by atoms with E-state index in [1.54, 1.807) is 0 Å². The van der Waals surface area contributed by atoms with Crippen molar-refractivity contribution >= 4 is 5.97 Å². The lowest BCUT2D eigenvalue weighted by Gasteiger charge is -2.46. The van der Waals surface area contributed by atoms with Crippen LogP contribution in [0.3, 0.4) is 0 Å². The molecule has 0 amide bonds. The van der Waals surface area contributed by atoms with E-state index in [1.165, 1.54) is 25.9 Å². The Morgan fingerprint density at radius 3 is 2.46 bits per heavy atom. The molecule has 2 saturated heterocycles. The minimum absolute atomic E-state index is 0.127. The lowest BCUT2D eigenvalue weighted by molar-refractivity contribution is -0.141. The summed E-state index contributed by atoms with van der Waals surface area (Å²) in [5.74, 6) is -0.622. The van der Waals surface area contributed by atoms with Gasteiger partial charge >= 0.3 is 5.97 Å². The van der Waals surface area contributed by atoms with Gasteiger partial charge in [-0.2, -0.15) is 0 Å². The molecule has 2 aliphatic heterocycles. The van der Waals surface area contributed by atoms with Crippen LogP contribution in [0, 0.1) is 5.41 Å². The van der Waals surface area contributed by atoms with Crippen molar-refractivity contribution in [3.05, 3.63) is 0 Å². The topological polar surface area (TPSA) is 40.5 Å². The number of piperidine rings is 2. The minimum Gasteiger partial charge on any atom is -0.481 e. The van der Waals surface area contributed by atoms with E-state index in [4.69, 9.17) is 5.11 Å². The van der Waals surface area contributed by atoms with Crippen molar-refractivity contribution < 1.29 is 9.90 Å². The summed E-state index contributed by atoms with van der Waals surface area (Å²) in [5.41, 5.74) is 0.127. The average Bonchev–Trinajstić information content (AvgIpc) is 2.02. The van der Waals surface area contributed by atoms with Crippen LogP contribution >= 0.6 is 0 Å². The van der Waals surface area contributed by atoms with E-state index in [0.29, 0.717) is 6.42 Å². The third kappa shape index (κ3) is 1.85. The maximum atomic E-state index is 10.7. The summed E-state index contributed by atoms with van der Waals surface area (Å²) in [6.07, 6.45) is 5.00. The molecule has 3 nitrogen and oxygen atoms in total. The van der Waals surface area contributed by atoms with Gasteiger partial charge in [0.25, 0.3) is 0 Å². The molecule has 0 aromatic heterocycles. The summed E-state index contributed by atoms with van der Waals surface area (Å²) in [6.45, 7) is 3.39. The molecule has 0 saturated carbocycles. The Balaban J connectivity index is 2.05. The van der Waals surface area contributed by atoms with Gasteiger partial charge in [-0.1, -0.05) is 0 Å². The predicted molar refractivity (Wildman–Crippen MR) is 49.6 cm³/mol. The number of carbonyl (C=O) groups is 1. The van der Waals surface area contributed by atoms with Crippen molar-refractivity contribution in [2.24, 2.45) is 5.41 Å². The Hall–Kier alpha value is -0.570. The quantitative estimate of drug-likeness (QED) is 0.702. The van der Waals surface area contributed by atoms with Gasteiger partial charge in [-0.25, -0.2) is 0 Å². The van der Waals surface area contributed by atoms with Crippen molar-refractivity contribution in [1.82, 2.24) is 4.90 Å². The van der Waals surface area contributed by atoms with Gasteiger partial charge in [0, 0.05) is 6.54 Å². The second-order valence-electron chi connectivity index (χ2n) is 4.55. The van der Waals surface area contributed by atoms with Crippen LogP contribution in [0.15, 0.2) is 0 Å². The standard InChI is InChI=1S/C10H17NO2/c12-9(13)7-10-3-1-5-11(8-10)6-2-4-10/h1-8H2,(H,12,13). The van der Waals surface area contributed by atoms with Crippen LogP contribution < -0.4 is 0 Å². The van der Waals surface area contributed by atoms with Crippen molar-refractivity contribution in [3.8, 4) is 0 Å². The molecule has 0 unspecified atom stereocenters. The highest BCUT2D eigenvalue weighted by Crippen LogP contribution is 2.40. The van der Waals surface area contributed by atoms with Crippen LogP contribution in [0.5, 0.6) is 0 Å². The van der Waals surface area contributed by atoms with E-state index < -0.39 is 5.97 Å². The molecule has 0 spiro atoms. The van der Waals surface area contributed by atoms with E-state index in [2.05, 4.69) is 4.90 Å². The summed E-state index contributed by atoms with van der Waals surface area (Å²) in [7, 11) is 0. The zero-order valence-electron chi connectivity index (χ0n) is 7.96. The van der Waals surface area contributed by atoms with E-state index in [1.807, 2.05) is 0 Å². The van der Waals surface area contributed by atoms with Gasteiger partial charge in [0.05, 0.1) is 6.42 Å². The second-order valence-corrected chi connectivity index (χ2v) is 4.55. The summed E-state index contributed by atoms with van der Waals surface area (Å²) in [6, 6.07) is 0. The predicted octanol–water partition coefficient (Wildman–Crippen LogP) is 1.34. The fourth-order valence-electron chi connectivity index (χ4n) is 2.94. The molecule has 1 N–H and O–H groups in total. The fourth-order valence-corrected chi connectivity index (χ4v) is 2.94.